The number of benzene rings is 1. The number of nitriles is 1. The van der Waals surface area contributed by atoms with Crippen molar-refractivity contribution in [3.8, 4) is 11.8 Å². The molecule has 18 heavy (non-hydrogen) atoms. The molecule has 1 aromatic carbocycles. The minimum Gasteiger partial charge on any atom is -0.492 e. The summed E-state index contributed by atoms with van der Waals surface area (Å²) < 4.78 is 16.0. The molecule has 0 aliphatic carbocycles. The van der Waals surface area contributed by atoms with Gasteiger partial charge in [0.1, 0.15) is 11.8 Å². The first-order valence-corrected chi connectivity index (χ1v) is 6.00. The molecule has 1 aromatic rings. The summed E-state index contributed by atoms with van der Waals surface area (Å²) in [4.78, 5) is 0. The summed E-state index contributed by atoms with van der Waals surface area (Å²) in [6.07, 6.45) is 0.884. The smallest absolute Gasteiger partial charge is 0.137 e. The fourth-order valence-electron chi connectivity index (χ4n) is 1.49. The van der Waals surface area contributed by atoms with Crippen LogP contribution in [0.2, 0.25) is 0 Å². The summed E-state index contributed by atoms with van der Waals surface area (Å²) in [6, 6.07) is 9.31. The van der Waals surface area contributed by atoms with Crippen LogP contribution in [0.1, 0.15) is 18.9 Å². The van der Waals surface area contributed by atoms with Gasteiger partial charge in [0.2, 0.25) is 0 Å². The van der Waals surface area contributed by atoms with Gasteiger partial charge in [0.05, 0.1) is 31.5 Å². The van der Waals surface area contributed by atoms with Gasteiger partial charge in [0, 0.05) is 13.5 Å². The zero-order valence-electron chi connectivity index (χ0n) is 10.9. The second-order valence-corrected chi connectivity index (χ2v) is 3.95. The first-order valence-electron chi connectivity index (χ1n) is 6.00. The number of methoxy groups -OCH3 is 1. The number of hydrogen-bond acceptors (Lipinski definition) is 4. The van der Waals surface area contributed by atoms with Crippen LogP contribution < -0.4 is 4.74 Å². The molecule has 0 aromatic heterocycles. The second kappa shape index (κ2) is 8.51. The summed E-state index contributed by atoms with van der Waals surface area (Å²) in [6.45, 7) is 3.73. The Morgan fingerprint density at radius 3 is 2.78 bits per heavy atom. The highest BCUT2D eigenvalue weighted by Gasteiger charge is 2.02. The molecule has 0 amide bonds. The number of rotatable bonds is 8. The van der Waals surface area contributed by atoms with Crippen LogP contribution in [0.5, 0.6) is 5.75 Å². The molecule has 0 radical (unpaired) electrons. The van der Waals surface area contributed by atoms with E-state index < -0.39 is 0 Å². The maximum absolute atomic E-state index is 8.88. The number of ether oxygens (including phenoxy) is 3. The van der Waals surface area contributed by atoms with Crippen LogP contribution in [0, 0.1) is 11.3 Å². The summed E-state index contributed by atoms with van der Waals surface area (Å²) in [7, 11) is 1.65. The molecule has 1 atom stereocenters. The Morgan fingerprint density at radius 2 is 2.06 bits per heavy atom. The molecule has 4 nitrogen and oxygen atoms in total. The van der Waals surface area contributed by atoms with E-state index in [4.69, 9.17) is 19.5 Å². The first-order chi connectivity index (χ1) is 8.77. The standard InChI is InChI=1S/C14H19NO3/c1-12(11-16-2)17-8-5-9-18-14-7-4-3-6-13(14)10-15/h3-4,6-7,12H,5,8-9,11H2,1-2H3. The van der Waals surface area contributed by atoms with Crippen LogP contribution in [0.4, 0.5) is 0 Å². The monoisotopic (exact) mass is 249 g/mol. The zero-order valence-corrected chi connectivity index (χ0v) is 10.9. The van der Waals surface area contributed by atoms with Crippen LogP contribution in [0.3, 0.4) is 0 Å². The Labute approximate surface area is 108 Å². The third kappa shape index (κ3) is 5.17. The van der Waals surface area contributed by atoms with Crippen LogP contribution in [0.25, 0.3) is 0 Å². The van der Waals surface area contributed by atoms with E-state index in [2.05, 4.69) is 6.07 Å². The fraction of sp³-hybridized carbons (Fsp3) is 0.500. The van der Waals surface area contributed by atoms with E-state index in [0.717, 1.165) is 6.42 Å². The van der Waals surface area contributed by atoms with E-state index in [1.807, 2.05) is 19.1 Å². The molecule has 0 saturated carbocycles. The van der Waals surface area contributed by atoms with Crippen molar-refractivity contribution in [1.29, 1.82) is 5.26 Å². The molecule has 0 aliphatic heterocycles. The quantitative estimate of drug-likeness (QED) is 0.664. The van der Waals surface area contributed by atoms with Crippen LogP contribution in [-0.2, 0) is 9.47 Å². The van der Waals surface area contributed by atoms with Gasteiger partial charge in [-0.25, -0.2) is 0 Å². The van der Waals surface area contributed by atoms with Crippen molar-refractivity contribution in [2.75, 3.05) is 26.9 Å². The second-order valence-electron chi connectivity index (χ2n) is 3.95. The molecule has 0 N–H and O–H groups in total. The van der Waals surface area contributed by atoms with Crippen LogP contribution in [0.15, 0.2) is 24.3 Å². The molecule has 98 valence electrons. The third-order valence-corrected chi connectivity index (χ3v) is 2.36. The Balaban J connectivity index is 2.20. The van der Waals surface area contributed by atoms with Crippen molar-refractivity contribution in [2.24, 2.45) is 0 Å². The topological polar surface area (TPSA) is 51.5 Å². The molecule has 0 aliphatic rings. The molecule has 4 heteroatoms. The lowest BCUT2D eigenvalue weighted by atomic mass is 10.2. The Morgan fingerprint density at radius 1 is 1.28 bits per heavy atom. The lowest BCUT2D eigenvalue weighted by molar-refractivity contribution is 0.00508. The minimum absolute atomic E-state index is 0.0985. The van der Waals surface area contributed by atoms with Gasteiger partial charge in [-0.1, -0.05) is 12.1 Å². The lowest BCUT2D eigenvalue weighted by Crippen LogP contribution is -2.16. The van der Waals surface area contributed by atoms with Gasteiger partial charge in [-0.3, -0.25) is 0 Å². The summed E-state index contributed by atoms with van der Waals surface area (Å²) in [5, 5.41) is 8.88. The predicted molar refractivity (Wildman–Crippen MR) is 68.6 cm³/mol. The molecule has 0 bridgehead atoms. The zero-order chi connectivity index (χ0) is 13.2. The Kier molecular flexibility index (Phi) is 6.85. The minimum atomic E-state index is 0.0985. The molecule has 0 spiro atoms. The average Bonchev–Trinajstić information content (AvgIpc) is 2.39. The third-order valence-electron chi connectivity index (χ3n) is 2.36. The van der Waals surface area contributed by atoms with Crippen molar-refractivity contribution in [3.63, 3.8) is 0 Å². The van der Waals surface area contributed by atoms with E-state index >= 15 is 0 Å². The normalized spacial score (nSPS) is 11.8. The summed E-state index contributed by atoms with van der Waals surface area (Å²) in [5.41, 5.74) is 0.561. The van der Waals surface area contributed by atoms with Gasteiger partial charge in [-0.15, -0.1) is 0 Å². The highest BCUT2D eigenvalue weighted by atomic mass is 16.5. The van der Waals surface area contributed by atoms with E-state index in [9.17, 15) is 0 Å². The van der Waals surface area contributed by atoms with Gasteiger partial charge in [0.15, 0.2) is 0 Å². The number of para-hydroxylation sites is 1. The van der Waals surface area contributed by atoms with Crippen molar-refractivity contribution in [1.82, 2.24) is 0 Å². The van der Waals surface area contributed by atoms with Gasteiger partial charge < -0.3 is 14.2 Å². The van der Waals surface area contributed by atoms with Gasteiger partial charge in [-0.05, 0) is 19.1 Å². The Bertz CT molecular complexity index is 387. The summed E-state index contributed by atoms with van der Waals surface area (Å²) >= 11 is 0. The maximum atomic E-state index is 8.88. The van der Waals surface area contributed by atoms with E-state index in [-0.39, 0.29) is 6.10 Å². The lowest BCUT2D eigenvalue weighted by Gasteiger charge is -2.12. The van der Waals surface area contributed by atoms with Crippen molar-refractivity contribution >= 4 is 0 Å². The number of hydrogen-bond donors (Lipinski definition) is 0. The molecule has 0 fully saturated rings. The van der Waals surface area contributed by atoms with Gasteiger partial charge >= 0.3 is 0 Å². The number of nitrogens with zero attached hydrogens (tertiary/aromatic N) is 1. The fourth-order valence-corrected chi connectivity index (χ4v) is 1.49. The van der Waals surface area contributed by atoms with Crippen LogP contribution in [-0.4, -0.2) is 33.0 Å². The maximum Gasteiger partial charge on any atom is 0.137 e. The Hall–Kier alpha value is -1.57. The molecular formula is C14H19NO3. The van der Waals surface area contributed by atoms with E-state index in [1.165, 1.54) is 0 Å². The molecular weight excluding hydrogens is 230 g/mol. The molecule has 0 heterocycles. The first kappa shape index (κ1) is 14.5. The highest BCUT2D eigenvalue weighted by Crippen LogP contribution is 2.16. The van der Waals surface area contributed by atoms with Gasteiger partial charge in [0.25, 0.3) is 0 Å². The van der Waals surface area contributed by atoms with Crippen molar-refractivity contribution in [2.45, 2.75) is 19.4 Å². The summed E-state index contributed by atoms with van der Waals surface area (Å²) in [5.74, 6) is 0.630. The van der Waals surface area contributed by atoms with Crippen molar-refractivity contribution < 1.29 is 14.2 Å². The predicted octanol–water partition coefficient (Wildman–Crippen LogP) is 2.38. The average molecular weight is 249 g/mol. The van der Waals surface area contributed by atoms with Crippen LogP contribution >= 0.6 is 0 Å². The largest absolute Gasteiger partial charge is 0.492 e. The van der Waals surface area contributed by atoms with Gasteiger partial charge in [-0.2, -0.15) is 5.26 Å². The van der Waals surface area contributed by atoms with Crippen molar-refractivity contribution in [3.05, 3.63) is 29.8 Å². The molecule has 1 rings (SSSR count). The van der Waals surface area contributed by atoms with E-state index in [1.54, 1.807) is 19.2 Å². The SMILES string of the molecule is COCC(C)OCCCOc1ccccc1C#N. The molecule has 1 unspecified atom stereocenters. The molecule has 0 saturated heterocycles. The highest BCUT2D eigenvalue weighted by molar-refractivity contribution is 5.42. The van der Waals surface area contributed by atoms with E-state index in [0.29, 0.717) is 31.1 Å².